The number of ether oxygens (including phenoxy) is 1. The number of carbonyl (C=O) groups is 1. The normalized spacial score (nSPS) is 16.4. The molecule has 2 nitrogen and oxygen atoms in total. The van der Waals surface area contributed by atoms with Crippen LogP contribution in [0.2, 0.25) is 0 Å². The Hall–Kier alpha value is -0.870. The molecule has 0 N–H and O–H groups in total. The van der Waals surface area contributed by atoms with E-state index in [4.69, 9.17) is 4.74 Å². The highest BCUT2D eigenvalue weighted by molar-refractivity contribution is 8.16. The molecule has 0 aliphatic carbocycles. The largest absolute Gasteiger partial charge is 0.426 e. The molecule has 4 heteroatoms. The van der Waals surface area contributed by atoms with Crippen molar-refractivity contribution < 1.29 is 9.53 Å². The molecule has 1 aliphatic heterocycles. The average Bonchev–Trinajstić information content (AvgIpc) is 2.49. The molecule has 0 saturated carbocycles. The van der Waals surface area contributed by atoms with Crippen molar-refractivity contribution in [3.05, 3.63) is 42.0 Å². The van der Waals surface area contributed by atoms with Crippen molar-refractivity contribution in [2.45, 2.75) is 30.8 Å². The van der Waals surface area contributed by atoms with E-state index in [0.717, 1.165) is 12.0 Å². The summed E-state index contributed by atoms with van der Waals surface area (Å²) in [7, 11) is 0. The smallest absolute Gasteiger partial charge is 0.315 e. The fourth-order valence-electron chi connectivity index (χ4n) is 1.95. The first-order valence-electron chi connectivity index (χ1n) is 6.99. The molecule has 2 rings (SSSR count). The second kappa shape index (κ2) is 8.42. The lowest BCUT2D eigenvalue weighted by atomic mass is 10.2. The van der Waals surface area contributed by atoms with Crippen LogP contribution in [0.1, 0.15) is 36.3 Å². The number of para-hydroxylation sites is 1. The summed E-state index contributed by atoms with van der Waals surface area (Å²) in [4.78, 5) is 11.8. The highest BCUT2D eigenvalue weighted by Gasteiger charge is 2.20. The third-order valence-electron chi connectivity index (χ3n) is 2.91. The third kappa shape index (κ3) is 4.60. The molecule has 1 aliphatic rings. The Morgan fingerprint density at radius 1 is 1.30 bits per heavy atom. The van der Waals surface area contributed by atoms with Gasteiger partial charge < -0.3 is 4.74 Å². The second-order valence-electron chi connectivity index (χ2n) is 4.52. The molecule has 0 amide bonds. The number of thioether (sulfide) groups is 2. The Labute approximate surface area is 129 Å². The molecule has 1 fully saturated rings. The van der Waals surface area contributed by atoms with Gasteiger partial charge in [-0.2, -0.15) is 0 Å². The van der Waals surface area contributed by atoms with Crippen molar-refractivity contribution in [2.24, 2.45) is 0 Å². The van der Waals surface area contributed by atoms with Crippen LogP contribution in [-0.2, 0) is 4.79 Å². The van der Waals surface area contributed by atoms with Crippen LogP contribution in [0.3, 0.4) is 0 Å². The predicted octanol–water partition coefficient (Wildman–Crippen LogP) is 4.82. The van der Waals surface area contributed by atoms with Gasteiger partial charge in [0.2, 0.25) is 0 Å². The summed E-state index contributed by atoms with van der Waals surface area (Å²) >= 11 is 3.87. The fourth-order valence-corrected chi connectivity index (χ4v) is 4.89. The van der Waals surface area contributed by atoms with Crippen molar-refractivity contribution in [2.75, 3.05) is 11.5 Å². The SMILES string of the molecule is CC/C=C/CC(=O)Oc1ccccc1C1SCCCS1. The second-order valence-corrected chi connectivity index (χ2v) is 7.25. The molecule has 0 atom stereocenters. The fraction of sp³-hybridized carbons (Fsp3) is 0.438. The van der Waals surface area contributed by atoms with Gasteiger partial charge in [-0.05, 0) is 30.4 Å². The topological polar surface area (TPSA) is 26.3 Å². The van der Waals surface area contributed by atoms with Crippen molar-refractivity contribution in [1.29, 1.82) is 0 Å². The number of carbonyl (C=O) groups excluding carboxylic acids is 1. The van der Waals surface area contributed by atoms with Gasteiger partial charge in [-0.25, -0.2) is 0 Å². The monoisotopic (exact) mass is 308 g/mol. The molecule has 0 aromatic heterocycles. The molecule has 108 valence electrons. The van der Waals surface area contributed by atoms with Crippen molar-refractivity contribution in [3.8, 4) is 5.75 Å². The van der Waals surface area contributed by atoms with Crippen LogP contribution in [0.5, 0.6) is 5.75 Å². The van der Waals surface area contributed by atoms with E-state index in [9.17, 15) is 4.79 Å². The highest BCUT2D eigenvalue weighted by atomic mass is 32.2. The molecule has 1 aromatic rings. The van der Waals surface area contributed by atoms with E-state index in [0.29, 0.717) is 16.8 Å². The van der Waals surface area contributed by atoms with Gasteiger partial charge in [-0.15, -0.1) is 23.5 Å². The zero-order chi connectivity index (χ0) is 14.2. The zero-order valence-electron chi connectivity index (χ0n) is 11.7. The van der Waals surface area contributed by atoms with Crippen LogP contribution in [0.4, 0.5) is 0 Å². The molecular weight excluding hydrogens is 288 g/mol. The van der Waals surface area contributed by atoms with Gasteiger partial charge in [0.25, 0.3) is 0 Å². The van der Waals surface area contributed by atoms with Gasteiger partial charge in [0, 0.05) is 5.56 Å². The van der Waals surface area contributed by atoms with Crippen LogP contribution in [0.25, 0.3) is 0 Å². The Bertz CT molecular complexity index is 465. The van der Waals surface area contributed by atoms with E-state index >= 15 is 0 Å². The van der Waals surface area contributed by atoms with Crippen LogP contribution in [0.15, 0.2) is 36.4 Å². The van der Waals surface area contributed by atoms with E-state index in [1.165, 1.54) is 17.9 Å². The number of esters is 1. The Morgan fingerprint density at radius 2 is 2.05 bits per heavy atom. The van der Waals surface area contributed by atoms with Crippen LogP contribution < -0.4 is 4.74 Å². The van der Waals surface area contributed by atoms with Gasteiger partial charge in [-0.1, -0.05) is 37.3 Å². The zero-order valence-corrected chi connectivity index (χ0v) is 13.3. The standard InChI is InChI=1S/C16H20O2S2/c1-2-3-4-10-15(17)18-14-9-6-5-8-13(14)16-19-11-7-12-20-16/h3-6,8-9,16H,2,7,10-12H2,1H3/b4-3+. The molecule has 0 bridgehead atoms. The number of allylic oxidation sites excluding steroid dienone is 1. The maximum atomic E-state index is 11.8. The lowest BCUT2D eigenvalue weighted by Crippen LogP contribution is -2.09. The molecule has 0 spiro atoms. The first-order valence-corrected chi connectivity index (χ1v) is 9.09. The van der Waals surface area contributed by atoms with Gasteiger partial charge in [0.1, 0.15) is 5.75 Å². The summed E-state index contributed by atoms with van der Waals surface area (Å²) in [5.74, 6) is 2.89. The number of hydrogen-bond donors (Lipinski definition) is 0. The molecule has 1 aromatic carbocycles. The summed E-state index contributed by atoms with van der Waals surface area (Å²) in [6, 6.07) is 7.90. The summed E-state index contributed by atoms with van der Waals surface area (Å²) < 4.78 is 5.92. The van der Waals surface area contributed by atoms with Crippen LogP contribution in [-0.4, -0.2) is 17.5 Å². The maximum Gasteiger partial charge on any atom is 0.315 e. The minimum atomic E-state index is -0.187. The van der Waals surface area contributed by atoms with Gasteiger partial charge >= 0.3 is 5.97 Å². The Balaban J connectivity index is 2.03. The molecule has 1 heterocycles. The van der Waals surface area contributed by atoms with Crippen LogP contribution in [0, 0.1) is 0 Å². The van der Waals surface area contributed by atoms with Crippen molar-refractivity contribution >= 4 is 29.5 Å². The number of rotatable bonds is 5. The first-order chi connectivity index (χ1) is 9.81. The van der Waals surface area contributed by atoms with Crippen molar-refractivity contribution in [3.63, 3.8) is 0 Å². The third-order valence-corrected chi connectivity index (χ3v) is 5.89. The van der Waals surface area contributed by atoms with E-state index in [1.54, 1.807) is 0 Å². The van der Waals surface area contributed by atoms with E-state index in [1.807, 2.05) is 53.9 Å². The van der Waals surface area contributed by atoms with E-state index in [-0.39, 0.29) is 5.97 Å². The Kier molecular flexibility index (Phi) is 6.54. The maximum absolute atomic E-state index is 11.8. The predicted molar refractivity (Wildman–Crippen MR) is 88.4 cm³/mol. The summed E-state index contributed by atoms with van der Waals surface area (Å²) in [6.45, 7) is 2.05. The minimum absolute atomic E-state index is 0.187. The van der Waals surface area contributed by atoms with E-state index in [2.05, 4.69) is 13.0 Å². The van der Waals surface area contributed by atoms with Crippen molar-refractivity contribution in [1.82, 2.24) is 0 Å². The minimum Gasteiger partial charge on any atom is -0.426 e. The van der Waals surface area contributed by atoms with Gasteiger partial charge in [-0.3, -0.25) is 4.79 Å². The molecule has 0 unspecified atom stereocenters. The lowest BCUT2D eigenvalue weighted by molar-refractivity contribution is -0.133. The number of benzene rings is 1. The Morgan fingerprint density at radius 3 is 2.80 bits per heavy atom. The molecule has 0 radical (unpaired) electrons. The number of hydrogen-bond acceptors (Lipinski definition) is 4. The highest BCUT2D eigenvalue weighted by Crippen LogP contribution is 2.46. The first kappa shape index (κ1) is 15.5. The molecular formula is C16H20O2S2. The molecule has 1 saturated heterocycles. The summed E-state index contributed by atoms with van der Waals surface area (Å²) in [5, 5.41) is 0. The quantitative estimate of drug-likeness (QED) is 0.443. The van der Waals surface area contributed by atoms with Gasteiger partial charge in [0.15, 0.2) is 0 Å². The van der Waals surface area contributed by atoms with E-state index < -0.39 is 0 Å². The van der Waals surface area contributed by atoms with Crippen LogP contribution >= 0.6 is 23.5 Å². The van der Waals surface area contributed by atoms with Gasteiger partial charge in [0.05, 0.1) is 11.0 Å². The summed E-state index contributed by atoms with van der Waals surface area (Å²) in [6.07, 6.45) is 6.40. The average molecular weight is 308 g/mol. The lowest BCUT2D eigenvalue weighted by Gasteiger charge is -2.22. The molecule has 20 heavy (non-hydrogen) atoms. The summed E-state index contributed by atoms with van der Waals surface area (Å²) in [5.41, 5.74) is 1.13.